The Balaban J connectivity index is 1.65. The minimum atomic E-state index is -1.10. The van der Waals surface area contributed by atoms with Crippen LogP contribution in [0.1, 0.15) is 23.6 Å². The molecule has 3 aromatic carbocycles. The highest BCUT2D eigenvalue weighted by molar-refractivity contribution is 8.03. The van der Waals surface area contributed by atoms with Crippen molar-refractivity contribution in [2.75, 3.05) is 9.80 Å². The van der Waals surface area contributed by atoms with Crippen LogP contribution in [0.3, 0.4) is 0 Å². The standard InChI is InChI=1S/C25H21ClN2O2S/c1-16-7-13-20(14-8-16)28-23(29)17(2)31-25(28)21-5-3-4-6-22(21)27(24(25)30)15-18-9-11-19(26)12-10-18/h3-14,17H,15H2,1-2H3/t17-,25+/m0/s1. The van der Waals surface area contributed by atoms with Gasteiger partial charge in [0.1, 0.15) is 0 Å². The second kappa shape index (κ2) is 7.43. The van der Waals surface area contributed by atoms with E-state index >= 15 is 0 Å². The number of thioether (sulfide) groups is 1. The molecule has 1 spiro atoms. The molecule has 0 N–H and O–H groups in total. The van der Waals surface area contributed by atoms with E-state index in [1.54, 1.807) is 9.80 Å². The Kier molecular flexibility index (Phi) is 4.83. The molecular weight excluding hydrogens is 428 g/mol. The third-order valence-electron chi connectivity index (χ3n) is 5.87. The van der Waals surface area contributed by atoms with E-state index in [1.807, 2.05) is 86.6 Å². The molecule has 0 aliphatic carbocycles. The molecule has 0 aromatic heterocycles. The molecule has 0 saturated carbocycles. The molecule has 0 bridgehead atoms. The number of amides is 2. The first-order valence-electron chi connectivity index (χ1n) is 10.2. The first-order chi connectivity index (χ1) is 14.9. The van der Waals surface area contributed by atoms with E-state index in [0.717, 1.165) is 28.1 Å². The molecule has 2 heterocycles. The molecule has 1 saturated heterocycles. The maximum absolute atomic E-state index is 14.1. The van der Waals surface area contributed by atoms with Gasteiger partial charge in [0.05, 0.1) is 17.5 Å². The van der Waals surface area contributed by atoms with Gasteiger partial charge in [-0.05, 0) is 49.7 Å². The lowest BCUT2D eigenvalue weighted by Gasteiger charge is -2.33. The van der Waals surface area contributed by atoms with Gasteiger partial charge in [0, 0.05) is 16.3 Å². The van der Waals surface area contributed by atoms with Crippen molar-refractivity contribution in [2.24, 2.45) is 0 Å². The first-order valence-corrected chi connectivity index (χ1v) is 11.4. The monoisotopic (exact) mass is 448 g/mol. The Morgan fingerprint density at radius 2 is 1.65 bits per heavy atom. The zero-order valence-electron chi connectivity index (χ0n) is 17.2. The molecule has 0 unspecified atom stereocenters. The average Bonchev–Trinajstić information content (AvgIpc) is 3.17. The minimum Gasteiger partial charge on any atom is -0.304 e. The van der Waals surface area contributed by atoms with Gasteiger partial charge in [-0.1, -0.05) is 59.6 Å². The summed E-state index contributed by atoms with van der Waals surface area (Å²) < 4.78 is 0. The highest BCUT2D eigenvalue weighted by Crippen LogP contribution is 2.58. The van der Waals surface area contributed by atoms with E-state index in [4.69, 9.17) is 11.6 Å². The molecule has 5 rings (SSSR count). The molecule has 0 radical (unpaired) electrons. The van der Waals surface area contributed by atoms with E-state index in [0.29, 0.717) is 11.6 Å². The Hall–Kier alpha value is -2.76. The number of hydrogen-bond donors (Lipinski definition) is 0. The lowest BCUT2D eigenvalue weighted by Crippen LogP contribution is -2.49. The van der Waals surface area contributed by atoms with Crippen LogP contribution >= 0.6 is 23.4 Å². The fourth-order valence-corrected chi connectivity index (χ4v) is 6.02. The second-order valence-electron chi connectivity index (χ2n) is 7.95. The molecule has 6 heteroatoms. The van der Waals surface area contributed by atoms with Gasteiger partial charge in [0.15, 0.2) is 0 Å². The van der Waals surface area contributed by atoms with E-state index < -0.39 is 4.87 Å². The van der Waals surface area contributed by atoms with Crippen LogP contribution in [0.25, 0.3) is 0 Å². The summed E-state index contributed by atoms with van der Waals surface area (Å²) in [5.74, 6) is -0.141. The highest BCUT2D eigenvalue weighted by atomic mass is 35.5. The zero-order chi connectivity index (χ0) is 21.8. The predicted octanol–water partition coefficient (Wildman–Crippen LogP) is 5.52. The number of halogens is 1. The third-order valence-corrected chi connectivity index (χ3v) is 7.60. The SMILES string of the molecule is Cc1ccc(N2C(=O)[C@H](C)S[C@]23C(=O)N(Cc2ccc(Cl)cc2)c2ccccc23)cc1. The quantitative estimate of drug-likeness (QED) is 0.530. The maximum atomic E-state index is 14.1. The molecule has 2 aliphatic rings. The number of rotatable bonds is 3. The Morgan fingerprint density at radius 3 is 2.35 bits per heavy atom. The number of carbonyl (C=O) groups excluding carboxylic acids is 2. The van der Waals surface area contributed by atoms with Crippen molar-refractivity contribution in [1.29, 1.82) is 0 Å². The topological polar surface area (TPSA) is 40.6 Å². The average molecular weight is 449 g/mol. The first kappa shape index (κ1) is 20.2. The van der Waals surface area contributed by atoms with E-state index in [2.05, 4.69) is 0 Å². The number of benzene rings is 3. The molecule has 1 fully saturated rings. The summed E-state index contributed by atoms with van der Waals surface area (Å²) in [5, 5.41) is 0.332. The van der Waals surface area contributed by atoms with Gasteiger partial charge in [0.25, 0.3) is 5.91 Å². The van der Waals surface area contributed by atoms with E-state index in [-0.39, 0.29) is 17.1 Å². The van der Waals surface area contributed by atoms with Crippen molar-refractivity contribution in [3.05, 3.63) is 94.5 Å². The Labute approximate surface area is 190 Å². The van der Waals surface area contributed by atoms with Gasteiger partial charge in [-0.15, -0.1) is 11.8 Å². The summed E-state index contributed by atoms with van der Waals surface area (Å²) in [5.41, 5.74) is 4.52. The van der Waals surface area contributed by atoms with Crippen LogP contribution in [0.4, 0.5) is 11.4 Å². The fraction of sp³-hybridized carbons (Fsp3) is 0.200. The largest absolute Gasteiger partial charge is 0.304 e. The van der Waals surface area contributed by atoms with Crippen LogP contribution in [0, 0.1) is 6.92 Å². The normalized spacial score (nSPS) is 22.5. The number of anilines is 2. The van der Waals surface area contributed by atoms with Crippen LogP contribution in [-0.4, -0.2) is 17.1 Å². The summed E-state index contributed by atoms with van der Waals surface area (Å²) in [7, 11) is 0. The Morgan fingerprint density at radius 1 is 0.968 bits per heavy atom. The number of aryl methyl sites for hydroxylation is 1. The van der Waals surface area contributed by atoms with Crippen LogP contribution in [0.2, 0.25) is 5.02 Å². The van der Waals surface area contributed by atoms with Crippen LogP contribution < -0.4 is 9.80 Å². The van der Waals surface area contributed by atoms with Crippen molar-refractivity contribution in [1.82, 2.24) is 0 Å². The Bertz CT molecular complexity index is 1180. The molecule has 3 aromatic rings. The smallest absolute Gasteiger partial charge is 0.269 e. The van der Waals surface area contributed by atoms with Crippen LogP contribution in [-0.2, 0) is 21.0 Å². The second-order valence-corrected chi connectivity index (χ2v) is 9.92. The molecule has 31 heavy (non-hydrogen) atoms. The fourth-order valence-electron chi connectivity index (χ4n) is 4.36. The number of fused-ring (bicyclic) bond motifs is 2. The van der Waals surface area contributed by atoms with Crippen molar-refractivity contribution in [3.63, 3.8) is 0 Å². The molecule has 4 nitrogen and oxygen atoms in total. The summed E-state index contributed by atoms with van der Waals surface area (Å²) >= 11 is 7.46. The van der Waals surface area contributed by atoms with Crippen molar-refractivity contribution < 1.29 is 9.59 Å². The number of nitrogens with zero attached hydrogens (tertiary/aromatic N) is 2. The van der Waals surface area contributed by atoms with Gasteiger partial charge < -0.3 is 4.90 Å². The summed E-state index contributed by atoms with van der Waals surface area (Å²) in [6.45, 7) is 4.30. The lowest BCUT2D eigenvalue weighted by atomic mass is 10.0. The number of carbonyl (C=O) groups is 2. The minimum absolute atomic E-state index is 0.0506. The molecule has 156 valence electrons. The van der Waals surface area contributed by atoms with Gasteiger partial charge in [0.2, 0.25) is 10.8 Å². The molecule has 2 aliphatic heterocycles. The van der Waals surface area contributed by atoms with Gasteiger partial charge in [-0.3, -0.25) is 14.5 Å². The third kappa shape index (κ3) is 3.07. The van der Waals surface area contributed by atoms with E-state index in [9.17, 15) is 9.59 Å². The number of hydrogen-bond acceptors (Lipinski definition) is 3. The maximum Gasteiger partial charge on any atom is 0.269 e. The van der Waals surface area contributed by atoms with Gasteiger partial charge in [-0.25, -0.2) is 0 Å². The summed E-state index contributed by atoms with van der Waals surface area (Å²) in [4.78, 5) is 29.8. The summed E-state index contributed by atoms with van der Waals surface area (Å²) in [6.07, 6.45) is 0. The summed E-state index contributed by atoms with van der Waals surface area (Å²) in [6, 6.07) is 23.1. The van der Waals surface area contributed by atoms with Gasteiger partial charge >= 0.3 is 0 Å². The molecule has 2 amide bonds. The van der Waals surface area contributed by atoms with Crippen LogP contribution in [0.15, 0.2) is 72.8 Å². The zero-order valence-corrected chi connectivity index (χ0v) is 18.8. The van der Waals surface area contributed by atoms with E-state index in [1.165, 1.54) is 11.8 Å². The van der Waals surface area contributed by atoms with Gasteiger partial charge in [-0.2, -0.15) is 0 Å². The van der Waals surface area contributed by atoms with Crippen molar-refractivity contribution in [2.45, 2.75) is 30.5 Å². The van der Waals surface area contributed by atoms with Crippen molar-refractivity contribution >= 4 is 46.6 Å². The van der Waals surface area contributed by atoms with Crippen molar-refractivity contribution in [3.8, 4) is 0 Å². The molecular formula is C25H21ClN2O2S. The van der Waals surface area contributed by atoms with Crippen LogP contribution in [0.5, 0.6) is 0 Å². The highest BCUT2D eigenvalue weighted by Gasteiger charge is 2.63. The molecule has 2 atom stereocenters. The predicted molar refractivity (Wildman–Crippen MR) is 126 cm³/mol. The lowest BCUT2D eigenvalue weighted by molar-refractivity contribution is -0.124. The number of para-hydroxylation sites is 1.